The molecule has 0 spiro atoms. The predicted molar refractivity (Wildman–Crippen MR) is 155 cm³/mol. The average Bonchev–Trinajstić information content (AvgIpc) is 2.91. The Morgan fingerprint density at radius 2 is 0.947 bits per heavy atom. The van der Waals surface area contributed by atoms with E-state index < -0.39 is 0 Å². The van der Waals surface area contributed by atoms with Crippen LogP contribution in [0.4, 0.5) is 0 Å². The van der Waals surface area contributed by atoms with E-state index in [1.807, 2.05) is 0 Å². The van der Waals surface area contributed by atoms with Crippen LogP contribution in [0.15, 0.2) is 12.2 Å². The molecular weight excluding hydrogens is 482 g/mol. The SMILES string of the molecule is COC(=O)CCCCCC=CCCCCCCCCOCC(COCCCCCCCC(=O)OC)N(C)C. The van der Waals surface area contributed by atoms with Gasteiger partial charge in [-0.1, -0.05) is 63.5 Å². The molecule has 0 saturated heterocycles. The summed E-state index contributed by atoms with van der Waals surface area (Å²) in [5.74, 6) is -0.212. The monoisotopic (exact) mass is 541 g/mol. The minimum Gasteiger partial charge on any atom is -0.469 e. The Balaban J connectivity index is 3.46. The smallest absolute Gasteiger partial charge is 0.305 e. The molecule has 0 aromatic carbocycles. The summed E-state index contributed by atoms with van der Waals surface area (Å²) in [5, 5.41) is 0. The maximum Gasteiger partial charge on any atom is 0.305 e. The first-order valence-electron chi connectivity index (χ1n) is 15.1. The molecule has 7 heteroatoms. The molecule has 0 bridgehead atoms. The molecule has 0 aliphatic heterocycles. The minimum atomic E-state index is -0.112. The van der Waals surface area contributed by atoms with Crippen LogP contribution >= 0.6 is 0 Å². The molecule has 224 valence electrons. The van der Waals surface area contributed by atoms with Crippen molar-refractivity contribution in [2.75, 3.05) is 54.7 Å². The van der Waals surface area contributed by atoms with Gasteiger partial charge in [-0.2, -0.15) is 0 Å². The highest BCUT2D eigenvalue weighted by Crippen LogP contribution is 2.10. The molecule has 0 rings (SSSR count). The standard InChI is InChI=1S/C31H59NO6/c1-32(2)29(28-38-26-22-18-14-16-20-24-31(34)36-4)27-37-25-21-17-13-11-9-7-5-6-8-10-12-15-19-23-30(33)35-3/h6,8,29H,5,7,9-28H2,1-4H3. The highest BCUT2D eigenvalue weighted by atomic mass is 16.5. The molecule has 0 aliphatic rings. The minimum absolute atomic E-state index is 0.100. The van der Waals surface area contributed by atoms with Gasteiger partial charge in [0, 0.05) is 26.1 Å². The fourth-order valence-corrected chi connectivity index (χ4v) is 4.11. The quantitative estimate of drug-likeness (QED) is 0.0607. The van der Waals surface area contributed by atoms with E-state index in [2.05, 4.69) is 40.6 Å². The van der Waals surface area contributed by atoms with Crippen LogP contribution in [0.25, 0.3) is 0 Å². The molecule has 0 fully saturated rings. The van der Waals surface area contributed by atoms with Gasteiger partial charge < -0.3 is 23.8 Å². The number of methoxy groups -OCH3 is 2. The summed E-state index contributed by atoms with van der Waals surface area (Å²) in [7, 11) is 7.06. The molecule has 0 aliphatic carbocycles. The van der Waals surface area contributed by atoms with Gasteiger partial charge >= 0.3 is 11.9 Å². The van der Waals surface area contributed by atoms with Gasteiger partial charge in [0.15, 0.2) is 0 Å². The highest BCUT2D eigenvalue weighted by molar-refractivity contribution is 5.69. The largest absolute Gasteiger partial charge is 0.469 e. The van der Waals surface area contributed by atoms with Gasteiger partial charge in [-0.05, 0) is 65.5 Å². The first kappa shape index (κ1) is 36.6. The number of allylic oxidation sites excluding steroid dienone is 2. The summed E-state index contributed by atoms with van der Waals surface area (Å²) in [6.07, 6.45) is 24.0. The number of esters is 2. The van der Waals surface area contributed by atoms with Gasteiger partial charge in [0.1, 0.15) is 0 Å². The third-order valence-electron chi connectivity index (χ3n) is 6.80. The fourth-order valence-electron chi connectivity index (χ4n) is 4.11. The van der Waals surface area contributed by atoms with Crippen LogP contribution < -0.4 is 0 Å². The van der Waals surface area contributed by atoms with Crippen molar-refractivity contribution in [1.29, 1.82) is 0 Å². The number of rotatable bonds is 28. The number of likely N-dealkylation sites (N-methyl/N-ethyl adjacent to an activating group) is 1. The average molecular weight is 542 g/mol. The maximum atomic E-state index is 11.1. The molecule has 0 heterocycles. The number of hydrogen-bond donors (Lipinski definition) is 0. The number of hydrogen-bond acceptors (Lipinski definition) is 7. The highest BCUT2D eigenvalue weighted by Gasteiger charge is 2.11. The van der Waals surface area contributed by atoms with Gasteiger partial charge in [0.25, 0.3) is 0 Å². The summed E-state index contributed by atoms with van der Waals surface area (Å²) >= 11 is 0. The molecule has 0 N–H and O–H groups in total. The van der Waals surface area contributed by atoms with Crippen LogP contribution in [0, 0.1) is 0 Å². The Bertz CT molecular complexity index is 567. The van der Waals surface area contributed by atoms with Crippen molar-refractivity contribution in [1.82, 2.24) is 4.90 Å². The van der Waals surface area contributed by atoms with E-state index in [9.17, 15) is 9.59 Å². The first-order valence-corrected chi connectivity index (χ1v) is 15.1. The van der Waals surface area contributed by atoms with Crippen LogP contribution in [-0.4, -0.2) is 77.6 Å². The van der Waals surface area contributed by atoms with E-state index in [4.69, 9.17) is 9.47 Å². The molecule has 1 unspecified atom stereocenters. The fraction of sp³-hybridized carbons (Fsp3) is 0.871. The van der Waals surface area contributed by atoms with Gasteiger partial charge in [0.2, 0.25) is 0 Å². The van der Waals surface area contributed by atoms with Crippen molar-refractivity contribution in [3.63, 3.8) is 0 Å². The summed E-state index contributed by atoms with van der Waals surface area (Å²) < 4.78 is 21.1. The van der Waals surface area contributed by atoms with Gasteiger partial charge in [-0.3, -0.25) is 9.59 Å². The molecule has 0 aromatic heterocycles. The number of nitrogens with zero attached hydrogens (tertiary/aromatic N) is 1. The second-order valence-electron chi connectivity index (χ2n) is 10.4. The van der Waals surface area contributed by atoms with Crippen LogP contribution in [0.3, 0.4) is 0 Å². The van der Waals surface area contributed by atoms with Crippen molar-refractivity contribution < 1.29 is 28.5 Å². The molecule has 38 heavy (non-hydrogen) atoms. The Hall–Kier alpha value is -1.44. The van der Waals surface area contributed by atoms with E-state index >= 15 is 0 Å². The third kappa shape index (κ3) is 26.2. The Labute approximate surface area is 234 Å². The molecule has 0 radical (unpaired) electrons. The van der Waals surface area contributed by atoms with Crippen molar-refractivity contribution in [3.8, 4) is 0 Å². The zero-order valence-electron chi connectivity index (χ0n) is 25.2. The Kier molecular flexibility index (Phi) is 27.5. The number of ether oxygens (including phenoxy) is 4. The van der Waals surface area contributed by atoms with Gasteiger partial charge in [-0.25, -0.2) is 0 Å². The van der Waals surface area contributed by atoms with Crippen LogP contribution in [-0.2, 0) is 28.5 Å². The maximum absolute atomic E-state index is 11.1. The zero-order chi connectivity index (χ0) is 28.1. The van der Waals surface area contributed by atoms with Crippen LogP contribution in [0.5, 0.6) is 0 Å². The summed E-state index contributed by atoms with van der Waals surface area (Å²) in [6.45, 7) is 3.05. The topological polar surface area (TPSA) is 74.3 Å². The normalized spacial score (nSPS) is 12.3. The zero-order valence-corrected chi connectivity index (χ0v) is 25.2. The van der Waals surface area contributed by atoms with E-state index in [0.717, 1.165) is 84.0 Å². The molecule has 0 saturated carbocycles. The van der Waals surface area contributed by atoms with E-state index in [1.54, 1.807) is 0 Å². The van der Waals surface area contributed by atoms with Crippen LogP contribution in [0.2, 0.25) is 0 Å². The van der Waals surface area contributed by atoms with E-state index in [0.29, 0.717) is 25.5 Å². The Morgan fingerprint density at radius 1 is 0.579 bits per heavy atom. The molecule has 0 amide bonds. The first-order chi connectivity index (χ1) is 18.5. The van der Waals surface area contributed by atoms with E-state index in [-0.39, 0.29) is 11.9 Å². The molecule has 0 aromatic rings. The summed E-state index contributed by atoms with van der Waals surface area (Å²) in [6, 6.07) is 0.294. The summed E-state index contributed by atoms with van der Waals surface area (Å²) in [5.41, 5.74) is 0. The lowest BCUT2D eigenvalue weighted by molar-refractivity contribution is -0.141. The lowest BCUT2D eigenvalue weighted by atomic mass is 10.1. The number of unbranched alkanes of at least 4 members (excludes halogenated alkanes) is 13. The molecule has 1 atom stereocenters. The van der Waals surface area contributed by atoms with Crippen LogP contribution in [0.1, 0.15) is 116 Å². The number of carbonyl (C=O) groups is 2. The summed E-state index contributed by atoms with van der Waals surface area (Å²) in [4.78, 5) is 24.3. The lowest BCUT2D eigenvalue weighted by Gasteiger charge is -2.24. The van der Waals surface area contributed by atoms with Crippen molar-refractivity contribution in [2.24, 2.45) is 0 Å². The molecule has 7 nitrogen and oxygen atoms in total. The van der Waals surface area contributed by atoms with Crippen molar-refractivity contribution in [2.45, 2.75) is 122 Å². The third-order valence-corrected chi connectivity index (χ3v) is 6.80. The Morgan fingerprint density at radius 3 is 1.37 bits per heavy atom. The van der Waals surface area contributed by atoms with E-state index in [1.165, 1.54) is 52.7 Å². The van der Waals surface area contributed by atoms with Crippen molar-refractivity contribution in [3.05, 3.63) is 12.2 Å². The predicted octanol–water partition coefficient (Wildman–Crippen LogP) is 6.87. The second-order valence-corrected chi connectivity index (χ2v) is 10.4. The number of carbonyl (C=O) groups excluding carboxylic acids is 2. The second kappa shape index (κ2) is 28.6. The van der Waals surface area contributed by atoms with Gasteiger partial charge in [0.05, 0.1) is 33.5 Å². The molecular formula is C31H59NO6. The lowest BCUT2D eigenvalue weighted by Crippen LogP contribution is -2.37. The van der Waals surface area contributed by atoms with Crippen molar-refractivity contribution >= 4 is 11.9 Å². The van der Waals surface area contributed by atoms with Gasteiger partial charge in [-0.15, -0.1) is 0 Å².